The molecule has 0 spiro atoms. The zero-order valence-corrected chi connectivity index (χ0v) is 11.8. The van der Waals surface area contributed by atoms with E-state index < -0.39 is 0 Å². The molecule has 1 saturated heterocycles. The molecule has 1 aliphatic heterocycles. The molecule has 18 heavy (non-hydrogen) atoms. The van der Waals surface area contributed by atoms with Gasteiger partial charge < -0.3 is 10.0 Å². The van der Waals surface area contributed by atoms with Crippen LogP contribution in [0.25, 0.3) is 0 Å². The number of hydrogen-bond donors (Lipinski definition) is 1. The van der Waals surface area contributed by atoms with Gasteiger partial charge in [0.15, 0.2) is 0 Å². The number of carbonyl (C=O) groups is 1. The minimum atomic E-state index is -0.324. The Morgan fingerprint density at radius 2 is 1.89 bits per heavy atom. The van der Waals surface area contributed by atoms with Crippen molar-refractivity contribution in [2.45, 2.75) is 58.5 Å². The highest BCUT2D eigenvalue weighted by molar-refractivity contribution is 5.79. The third-order valence-electron chi connectivity index (χ3n) is 5.00. The summed E-state index contributed by atoms with van der Waals surface area (Å²) in [5.41, 5.74) is 0. The highest BCUT2D eigenvalue weighted by Gasteiger charge is 2.33. The van der Waals surface area contributed by atoms with Crippen LogP contribution in [0.3, 0.4) is 0 Å². The van der Waals surface area contributed by atoms with Crippen LogP contribution in [0.4, 0.5) is 0 Å². The minimum absolute atomic E-state index is 0.230. The summed E-state index contributed by atoms with van der Waals surface area (Å²) in [6, 6.07) is 0. The first-order chi connectivity index (χ1) is 8.61. The predicted octanol–water partition coefficient (Wildman–Crippen LogP) is 2.43. The summed E-state index contributed by atoms with van der Waals surface area (Å²) in [5, 5.41) is 9.88. The molecule has 1 saturated carbocycles. The van der Waals surface area contributed by atoms with Crippen LogP contribution in [0.2, 0.25) is 0 Å². The highest BCUT2D eigenvalue weighted by Crippen LogP contribution is 2.32. The molecule has 1 amide bonds. The van der Waals surface area contributed by atoms with Crippen molar-refractivity contribution in [3.63, 3.8) is 0 Å². The molecule has 2 rings (SSSR count). The van der Waals surface area contributed by atoms with E-state index in [4.69, 9.17) is 0 Å². The second-order valence-electron chi connectivity index (χ2n) is 6.24. The average molecular weight is 253 g/mol. The number of nitrogens with zero attached hydrogens (tertiary/aromatic N) is 1. The largest absolute Gasteiger partial charge is 0.391 e. The zero-order valence-electron chi connectivity index (χ0n) is 11.8. The molecule has 0 unspecified atom stereocenters. The first kappa shape index (κ1) is 13.9. The molecule has 1 N–H and O–H groups in total. The first-order valence-corrected chi connectivity index (χ1v) is 7.58. The van der Waals surface area contributed by atoms with Crippen molar-refractivity contribution in [1.82, 2.24) is 4.90 Å². The number of aliphatic hydroxyl groups is 1. The summed E-state index contributed by atoms with van der Waals surface area (Å²) in [5.74, 6) is 1.70. The van der Waals surface area contributed by atoms with Gasteiger partial charge in [0, 0.05) is 19.0 Å². The Balaban J connectivity index is 1.84. The van der Waals surface area contributed by atoms with Crippen LogP contribution in [0, 0.1) is 17.8 Å². The molecule has 2 fully saturated rings. The Hall–Kier alpha value is -0.570. The molecule has 2 atom stereocenters. The van der Waals surface area contributed by atoms with E-state index >= 15 is 0 Å². The van der Waals surface area contributed by atoms with Gasteiger partial charge in [-0.15, -0.1) is 0 Å². The fourth-order valence-corrected chi connectivity index (χ4v) is 3.32. The third-order valence-corrected chi connectivity index (χ3v) is 5.00. The van der Waals surface area contributed by atoms with Crippen LogP contribution in [-0.2, 0) is 4.79 Å². The minimum Gasteiger partial charge on any atom is -0.391 e. The van der Waals surface area contributed by atoms with Gasteiger partial charge in [-0.25, -0.2) is 0 Å². The maximum absolute atomic E-state index is 12.4. The number of carbonyl (C=O) groups excluding carboxylic acids is 1. The normalized spacial score (nSPS) is 37.6. The van der Waals surface area contributed by atoms with E-state index in [0.717, 1.165) is 31.7 Å². The lowest BCUT2D eigenvalue weighted by Crippen LogP contribution is -2.48. The molecular weight excluding hydrogens is 226 g/mol. The quantitative estimate of drug-likeness (QED) is 0.821. The van der Waals surface area contributed by atoms with Crippen LogP contribution in [0.1, 0.15) is 52.4 Å². The van der Waals surface area contributed by atoms with Crippen LogP contribution in [0.5, 0.6) is 0 Å². The van der Waals surface area contributed by atoms with Crippen molar-refractivity contribution >= 4 is 5.91 Å². The third kappa shape index (κ3) is 3.05. The number of rotatable bonds is 2. The smallest absolute Gasteiger partial charge is 0.225 e. The molecule has 1 heterocycles. The maximum Gasteiger partial charge on any atom is 0.225 e. The average Bonchev–Trinajstić information content (AvgIpc) is 2.41. The number of piperidine rings is 1. The Labute approximate surface area is 111 Å². The van der Waals surface area contributed by atoms with Crippen molar-refractivity contribution in [1.29, 1.82) is 0 Å². The summed E-state index contributed by atoms with van der Waals surface area (Å²) in [6.45, 7) is 5.70. The van der Waals surface area contributed by atoms with Crippen molar-refractivity contribution in [3.05, 3.63) is 0 Å². The molecule has 3 nitrogen and oxygen atoms in total. The molecule has 0 aromatic rings. The fraction of sp³-hybridized carbons (Fsp3) is 0.933. The van der Waals surface area contributed by atoms with Crippen LogP contribution >= 0.6 is 0 Å². The molecular formula is C15H27NO2. The van der Waals surface area contributed by atoms with Crippen molar-refractivity contribution in [3.8, 4) is 0 Å². The second kappa shape index (κ2) is 6.05. The predicted molar refractivity (Wildman–Crippen MR) is 72.1 cm³/mol. The van der Waals surface area contributed by atoms with E-state index in [1.807, 2.05) is 4.90 Å². The van der Waals surface area contributed by atoms with Crippen molar-refractivity contribution in [2.24, 2.45) is 17.8 Å². The molecule has 0 aromatic carbocycles. The number of likely N-dealkylation sites (tertiary alicyclic amines) is 1. The van der Waals surface area contributed by atoms with Gasteiger partial charge in [-0.3, -0.25) is 4.79 Å². The van der Waals surface area contributed by atoms with E-state index in [-0.39, 0.29) is 12.0 Å². The highest BCUT2D eigenvalue weighted by atomic mass is 16.3. The lowest BCUT2D eigenvalue weighted by atomic mass is 9.80. The molecule has 104 valence electrons. The van der Waals surface area contributed by atoms with E-state index in [0.29, 0.717) is 18.4 Å². The standard InChI is InChI=1S/C15H27NO2/c1-3-12-4-6-13(7-5-12)15(18)16-9-8-11(2)14(17)10-16/h11-14,17H,3-10H2,1-2H3/t11-,12?,13?,14+/m1/s1. The van der Waals surface area contributed by atoms with E-state index in [1.54, 1.807) is 0 Å². The summed E-state index contributed by atoms with van der Waals surface area (Å²) >= 11 is 0. The van der Waals surface area contributed by atoms with Gasteiger partial charge in [0.25, 0.3) is 0 Å². The van der Waals surface area contributed by atoms with Gasteiger partial charge in [-0.1, -0.05) is 20.3 Å². The monoisotopic (exact) mass is 253 g/mol. The first-order valence-electron chi connectivity index (χ1n) is 7.58. The van der Waals surface area contributed by atoms with E-state index in [1.165, 1.54) is 19.3 Å². The van der Waals surface area contributed by atoms with Gasteiger partial charge in [0.1, 0.15) is 0 Å². The number of β-amino-alcohol motifs (C(OH)–C–C–N with tert-alkyl or cyclic N) is 1. The van der Waals surface area contributed by atoms with Crippen LogP contribution in [-0.4, -0.2) is 35.1 Å². The summed E-state index contributed by atoms with van der Waals surface area (Å²) in [7, 11) is 0. The van der Waals surface area contributed by atoms with Crippen LogP contribution < -0.4 is 0 Å². The van der Waals surface area contributed by atoms with Crippen molar-refractivity contribution in [2.75, 3.05) is 13.1 Å². The zero-order chi connectivity index (χ0) is 13.1. The SMILES string of the molecule is CCC1CCC(C(=O)N2CC[C@@H](C)[C@@H](O)C2)CC1. The molecule has 0 radical (unpaired) electrons. The van der Waals surface area contributed by atoms with Gasteiger partial charge in [0.2, 0.25) is 5.91 Å². The molecule has 1 aliphatic carbocycles. The number of hydrogen-bond acceptors (Lipinski definition) is 2. The maximum atomic E-state index is 12.4. The van der Waals surface area contributed by atoms with Gasteiger partial charge >= 0.3 is 0 Å². The molecule has 3 heteroatoms. The second-order valence-corrected chi connectivity index (χ2v) is 6.24. The number of amides is 1. The molecule has 0 aromatic heterocycles. The summed E-state index contributed by atoms with van der Waals surface area (Å²) in [6.07, 6.45) is 6.39. The lowest BCUT2D eigenvalue weighted by Gasteiger charge is -2.37. The van der Waals surface area contributed by atoms with Crippen LogP contribution in [0.15, 0.2) is 0 Å². The Morgan fingerprint density at radius 1 is 1.22 bits per heavy atom. The van der Waals surface area contributed by atoms with Gasteiger partial charge in [-0.05, 0) is 43.9 Å². The Bertz CT molecular complexity index is 284. The van der Waals surface area contributed by atoms with Gasteiger partial charge in [0.05, 0.1) is 6.10 Å². The van der Waals surface area contributed by atoms with E-state index in [2.05, 4.69) is 13.8 Å². The number of aliphatic hydroxyl groups excluding tert-OH is 1. The lowest BCUT2D eigenvalue weighted by molar-refractivity contribution is -0.141. The summed E-state index contributed by atoms with van der Waals surface area (Å²) < 4.78 is 0. The topological polar surface area (TPSA) is 40.5 Å². The van der Waals surface area contributed by atoms with Gasteiger partial charge in [-0.2, -0.15) is 0 Å². The molecule has 0 bridgehead atoms. The molecule has 2 aliphatic rings. The van der Waals surface area contributed by atoms with Crippen molar-refractivity contribution < 1.29 is 9.90 Å². The Morgan fingerprint density at radius 3 is 2.44 bits per heavy atom. The Kier molecular flexibility index (Phi) is 4.66. The summed E-state index contributed by atoms with van der Waals surface area (Å²) in [4.78, 5) is 14.3. The van der Waals surface area contributed by atoms with E-state index in [9.17, 15) is 9.90 Å². The fourth-order valence-electron chi connectivity index (χ4n) is 3.32.